The summed E-state index contributed by atoms with van der Waals surface area (Å²) in [6.07, 6.45) is 0. The summed E-state index contributed by atoms with van der Waals surface area (Å²) >= 11 is 0. The van der Waals surface area contributed by atoms with Crippen molar-refractivity contribution in [1.29, 1.82) is 0 Å². The zero-order valence-corrected chi connectivity index (χ0v) is 12.6. The van der Waals surface area contributed by atoms with Crippen molar-refractivity contribution in [3.05, 3.63) is 64.7 Å². The first-order valence-corrected chi connectivity index (χ1v) is 8.07. The highest BCUT2D eigenvalue weighted by molar-refractivity contribution is 7.90. The molecule has 0 atom stereocenters. The first-order chi connectivity index (χ1) is 9.79. The van der Waals surface area contributed by atoms with Crippen molar-refractivity contribution in [2.24, 2.45) is 0 Å². The third-order valence-electron chi connectivity index (χ3n) is 3.21. The second kappa shape index (κ2) is 5.69. The molecular formula is C16H16O4S. The topological polar surface area (TPSA) is 71.4 Å². The van der Waals surface area contributed by atoms with Crippen LogP contribution in [0.15, 0.2) is 47.4 Å². The molecule has 0 fully saturated rings. The number of hydrogen-bond donors (Lipinski definition) is 1. The molecule has 0 aliphatic rings. The normalized spacial score (nSPS) is 11.3. The van der Waals surface area contributed by atoms with E-state index in [0.717, 1.165) is 5.56 Å². The smallest absolute Gasteiger partial charge is 0.335 e. The number of carboxylic acid groups (broad SMARTS) is 1. The maximum atomic E-state index is 12.5. The molecule has 0 saturated carbocycles. The van der Waals surface area contributed by atoms with Crippen LogP contribution >= 0.6 is 0 Å². The zero-order valence-electron chi connectivity index (χ0n) is 11.8. The van der Waals surface area contributed by atoms with Crippen LogP contribution in [-0.4, -0.2) is 19.5 Å². The van der Waals surface area contributed by atoms with E-state index in [1.165, 1.54) is 18.2 Å². The van der Waals surface area contributed by atoms with Crippen LogP contribution in [0.2, 0.25) is 0 Å². The zero-order chi connectivity index (χ0) is 15.6. The van der Waals surface area contributed by atoms with Gasteiger partial charge in [0.05, 0.1) is 16.2 Å². The third kappa shape index (κ3) is 3.49. The Bertz CT molecular complexity index is 792. The van der Waals surface area contributed by atoms with Crippen molar-refractivity contribution in [3.63, 3.8) is 0 Å². The fourth-order valence-electron chi connectivity index (χ4n) is 2.17. The SMILES string of the molecule is Cc1cccc(CS(=O)(=O)c2cc(C(=O)O)ccc2C)c1. The predicted molar refractivity (Wildman–Crippen MR) is 80.2 cm³/mol. The predicted octanol–water partition coefficient (Wildman–Crippen LogP) is 2.98. The lowest BCUT2D eigenvalue weighted by Crippen LogP contribution is -2.09. The van der Waals surface area contributed by atoms with Crippen LogP contribution in [0.3, 0.4) is 0 Å². The van der Waals surface area contributed by atoms with E-state index in [0.29, 0.717) is 11.1 Å². The highest BCUT2D eigenvalue weighted by Gasteiger charge is 2.19. The summed E-state index contributed by atoms with van der Waals surface area (Å²) in [5.41, 5.74) is 2.20. The van der Waals surface area contributed by atoms with E-state index in [9.17, 15) is 13.2 Å². The molecule has 0 aliphatic carbocycles. The molecule has 0 aliphatic heterocycles. The van der Waals surface area contributed by atoms with E-state index < -0.39 is 15.8 Å². The molecule has 0 unspecified atom stereocenters. The molecule has 21 heavy (non-hydrogen) atoms. The summed E-state index contributed by atoms with van der Waals surface area (Å²) in [5, 5.41) is 9.00. The number of carbonyl (C=O) groups is 1. The molecule has 0 spiro atoms. The van der Waals surface area contributed by atoms with Gasteiger partial charge in [-0.1, -0.05) is 35.9 Å². The number of hydrogen-bond acceptors (Lipinski definition) is 3. The fraction of sp³-hybridized carbons (Fsp3) is 0.188. The maximum absolute atomic E-state index is 12.5. The van der Waals surface area contributed by atoms with Gasteiger partial charge in [0.1, 0.15) is 0 Å². The summed E-state index contributed by atoms with van der Waals surface area (Å²) in [4.78, 5) is 11.1. The summed E-state index contributed by atoms with van der Waals surface area (Å²) in [5.74, 6) is -1.28. The lowest BCUT2D eigenvalue weighted by atomic mass is 10.1. The molecule has 1 N–H and O–H groups in total. The van der Waals surface area contributed by atoms with Crippen LogP contribution in [0, 0.1) is 13.8 Å². The van der Waals surface area contributed by atoms with E-state index in [1.54, 1.807) is 19.1 Å². The Morgan fingerprint density at radius 1 is 1.10 bits per heavy atom. The van der Waals surface area contributed by atoms with Gasteiger partial charge in [0, 0.05) is 0 Å². The van der Waals surface area contributed by atoms with Gasteiger partial charge in [-0.2, -0.15) is 0 Å². The van der Waals surface area contributed by atoms with Crippen LogP contribution in [-0.2, 0) is 15.6 Å². The Kier molecular flexibility index (Phi) is 4.14. The van der Waals surface area contributed by atoms with Gasteiger partial charge in [-0.25, -0.2) is 13.2 Å². The van der Waals surface area contributed by atoms with E-state index in [-0.39, 0.29) is 16.2 Å². The van der Waals surface area contributed by atoms with Crippen molar-refractivity contribution in [1.82, 2.24) is 0 Å². The van der Waals surface area contributed by atoms with Crippen LogP contribution in [0.5, 0.6) is 0 Å². The highest BCUT2D eigenvalue weighted by Crippen LogP contribution is 2.22. The number of carboxylic acids is 1. The van der Waals surface area contributed by atoms with E-state index in [1.807, 2.05) is 19.1 Å². The van der Waals surface area contributed by atoms with E-state index >= 15 is 0 Å². The largest absolute Gasteiger partial charge is 0.478 e. The molecule has 0 heterocycles. The van der Waals surface area contributed by atoms with Crippen molar-refractivity contribution in [3.8, 4) is 0 Å². The van der Waals surface area contributed by atoms with Gasteiger partial charge in [-0.05, 0) is 37.1 Å². The highest BCUT2D eigenvalue weighted by atomic mass is 32.2. The van der Waals surface area contributed by atoms with E-state index in [4.69, 9.17) is 5.11 Å². The monoisotopic (exact) mass is 304 g/mol. The summed E-state index contributed by atoms with van der Waals surface area (Å²) < 4.78 is 25.0. The minimum absolute atomic E-state index is 0.0246. The van der Waals surface area contributed by atoms with Gasteiger partial charge >= 0.3 is 5.97 Å². The molecule has 2 aromatic carbocycles. The van der Waals surface area contributed by atoms with Gasteiger partial charge < -0.3 is 5.11 Å². The van der Waals surface area contributed by atoms with Gasteiger partial charge in [0.15, 0.2) is 9.84 Å². The molecular weight excluding hydrogens is 288 g/mol. The average Bonchev–Trinajstić information content (AvgIpc) is 2.38. The van der Waals surface area contributed by atoms with Crippen molar-refractivity contribution < 1.29 is 18.3 Å². The molecule has 2 rings (SSSR count). The average molecular weight is 304 g/mol. The Labute approximate surface area is 124 Å². The third-order valence-corrected chi connectivity index (χ3v) is 5.03. The molecule has 110 valence electrons. The second-order valence-electron chi connectivity index (χ2n) is 5.03. The molecule has 0 radical (unpaired) electrons. The molecule has 0 aromatic heterocycles. The number of aromatic carboxylic acids is 1. The molecule has 5 heteroatoms. The Balaban J connectivity index is 2.44. The van der Waals surface area contributed by atoms with Crippen LogP contribution in [0.4, 0.5) is 0 Å². The van der Waals surface area contributed by atoms with Gasteiger partial charge in [0.25, 0.3) is 0 Å². The summed E-state index contributed by atoms with van der Waals surface area (Å²) in [6, 6.07) is 11.4. The minimum Gasteiger partial charge on any atom is -0.478 e. The molecule has 0 bridgehead atoms. The van der Waals surface area contributed by atoms with Crippen molar-refractivity contribution in [2.45, 2.75) is 24.5 Å². The lowest BCUT2D eigenvalue weighted by molar-refractivity contribution is 0.0696. The van der Waals surface area contributed by atoms with Crippen molar-refractivity contribution in [2.75, 3.05) is 0 Å². The number of rotatable bonds is 4. The summed E-state index contributed by atoms with van der Waals surface area (Å²) in [6.45, 7) is 3.56. The lowest BCUT2D eigenvalue weighted by Gasteiger charge is -2.09. The van der Waals surface area contributed by atoms with Gasteiger partial charge in [0.2, 0.25) is 0 Å². The number of benzene rings is 2. The molecule has 4 nitrogen and oxygen atoms in total. The minimum atomic E-state index is -3.58. The van der Waals surface area contributed by atoms with Crippen LogP contribution in [0.1, 0.15) is 27.0 Å². The fourth-order valence-corrected chi connectivity index (χ4v) is 3.81. The van der Waals surface area contributed by atoms with E-state index in [2.05, 4.69) is 0 Å². The molecule has 2 aromatic rings. The Morgan fingerprint density at radius 3 is 2.43 bits per heavy atom. The number of sulfone groups is 1. The van der Waals surface area contributed by atoms with Crippen molar-refractivity contribution >= 4 is 15.8 Å². The first-order valence-electron chi connectivity index (χ1n) is 6.42. The number of aryl methyl sites for hydroxylation is 2. The maximum Gasteiger partial charge on any atom is 0.335 e. The quantitative estimate of drug-likeness (QED) is 0.942. The first kappa shape index (κ1) is 15.3. The van der Waals surface area contributed by atoms with Gasteiger partial charge in [-0.3, -0.25) is 0 Å². The molecule has 0 amide bonds. The van der Waals surface area contributed by atoms with Gasteiger partial charge in [-0.15, -0.1) is 0 Å². The van der Waals surface area contributed by atoms with Crippen LogP contribution in [0.25, 0.3) is 0 Å². The standard InChI is InChI=1S/C16H16O4S/c1-11-4-3-5-13(8-11)10-21(19,20)15-9-14(16(17)18)7-6-12(15)2/h3-9H,10H2,1-2H3,(H,17,18). The summed E-state index contributed by atoms with van der Waals surface area (Å²) in [7, 11) is -3.58. The van der Waals surface area contributed by atoms with Crippen LogP contribution < -0.4 is 0 Å². The Morgan fingerprint density at radius 2 is 1.81 bits per heavy atom. The Hall–Kier alpha value is -2.14. The second-order valence-corrected chi connectivity index (χ2v) is 6.99. The molecule has 0 saturated heterocycles.